The van der Waals surface area contributed by atoms with Crippen LogP contribution in [0.15, 0.2) is 23.1 Å². The van der Waals surface area contributed by atoms with Crippen molar-refractivity contribution < 1.29 is 18.0 Å². The highest BCUT2D eigenvalue weighted by atomic mass is 32.2. The quantitative estimate of drug-likeness (QED) is 0.640. The van der Waals surface area contributed by atoms with Gasteiger partial charge in [-0.1, -0.05) is 0 Å². The first-order valence-electron chi connectivity index (χ1n) is 10.4. The van der Waals surface area contributed by atoms with Gasteiger partial charge in [0.15, 0.2) is 0 Å². The molecule has 0 aliphatic carbocycles. The third-order valence-corrected chi connectivity index (χ3v) is 7.43. The highest BCUT2D eigenvalue weighted by Gasteiger charge is 2.25. The van der Waals surface area contributed by atoms with Crippen molar-refractivity contribution in [3.05, 3.63) is 35.2 Å². The molecule has 0 radical (unpaired) electrons. The second-order valence-corrected chi connectivity index (χ2v) is 10.2. The topological polar surface area (TPSA) is 117 Å². The van der Waals surface area contributed by atoms with Gasteiger partial charge in [-0.15, -0.1) is 0 Å². The standard InChI is InChI=1S/C21H30N6O4S/c1-14-20(15(2)26(5)24-14)23-19(28)13-22-21(29)17-12-16(32(30,31)25(3)4)8-9-18(17)27-10-6-7-11-27/h8-9,12H,6-7,10-11,13H2,1-5H3,(H,22,29)(H,23,28). The lowest BCUT2D eigenvalue weighted by Gasteiger charge is -2.22. The number of sulfonamides is 1. The third-order valence-electron chi connectivity index (χ3n) is 5.62. The van der Waals surface area contributed by atoms with Crippen molar-refractivity contribution in [1.82, 2.24) is 19.4 Å². The smallest absolute Gasteiger partial charge is 0.253 e. The van der Waals surface area contributed by atoms with E-state index in [1.165, 1.54) is 26.2 Å². The summed E-state index contributed by atoms with van der Waals surface area (Å²) in [7, 11) is 0.961. The largest absolute Gasteiger partial charge is 0.371 e. The number of amides is 2. The second kappa shape index (κ2) is 9.29. The van der Waals surface area contributed by atoms with E-state index in [0.717, 1.165) is 35.9 Å². The van der Waals surface area contributed by atoms with Gasteiger partial charge in [0.2, 0.25) is 15.9 Å². The Morgan fingerprint density at radius 3 is 2.38 bits per heavy atom. The average Bonchev–Trinajstić information content (AvgIpc) is 3.36. The number of aromatic nitrogens is 2. The van der Waals surface area contributed by atoms with Crippen molar-refractivity contribution in [2.75, 3.05) is 43.9 Å². The Morgan fingerprint density at radius 2 is 1.81 bits per heavy atom. The van der Waals surface area contributed by atoms with E-state index in [2.05, 4.69) is 20.6 Å². The molecule has 10 nitrogen and oxygen atoms in total. The van der Waals surface area contributed by atoms with Gasteiger partial charge in [0.05, 0.1) is 34.1 Å². The van der Waals surface area contributed by atoms with Gasteiger partial charge in [-0.2, -0.15) is 5.10 Å². The monoisotopic (exact) mass is 462 g/mol. The van der Waals surface area contributed by atoms with Gasteiger partial charge in [-0.25, -0.2) is 12.7 Å². The van der Waals surface area contributed by atoms with E-state index in [1.54, 1.807) is 24.7 Å². The molecule has 1 aromatic heterocycles. The van der Waals surface area contributed by atoms with E-state index >= 15 is 0 Å². The zero-order valence-electron chi connectivity index (χ0n) is 19.1. The minimum Gasteiger partial charge on any atom is -0.371 e. The van der Waals surface area contributed by atoms with Crippen molar-refractivity contribution in [3.8, 4) is 0 Å². The molecule has 1 saturated heterocycles. The van der Waals surface area contributed by atoms with Crippen LogP contribution in [0.2, 0.25) is 0 Å². The summed E-state index contributed by atoms with van der Waals surface area (Å²) in [6.45, 7) is 4.96. The minimum absolute atomic E-state index is 0.0293. The molecular weight excluding hydrogens is 432 g/mol. The SMILES string of the molecule is Cc1nn(C)c(C)c1NC(=O)CNC(=O)c1cc(S(=O)(=O)N(C)C)ccc1N1CCCC1. The lowest BCUT2D eigenvalue weighted by atomic mass is 10.1. The van der Waals surface area contributed by atoms with Crippen molar-refractivity contribution in [3.63, 3.8) is 0 Å². The lowest BCUT2D eigenvalue weighted by Crippen LogP contribution is -2.34. The molecule has 1 aliphatic heterocycles. The molecule has 1 fully saturated rings. The molecule has 2 N–H and O–H groups in total. The fraction of sp³-hybridized carbons (Fsp3) is 0.476. The summed E-state index contributed by atoms with van der Waals surface area (Å²) in [6, 6.07) is 4.56. The van der Waals surface area contributed by atoms with Crippen LogP contribution in [0.25, 0.3) is 0 Å². The Labute approximate surface area is 188 Å². The highest BCUT2D eigenvalue weighted by molar-refractivity contribution is 7.89. The van der Waals surface area contributed by atoms with Gasteiger partial charge in [-0.3, -0.25) is 14.3 Å². The van der Waals surface area contributed by atoms with Crippen LogP contribution >= 0.6 is 0 Å². The molecule has 3 rings (SSSR count). The minimum atomic E-state index is -3.71. The number of benzene rings is 1. The molecule has 0 saturated carbocycles. The molecule has 2 heterocycles. The van der Waals surface area contributed by atoms with Crippen LogP contribution < -0.4 is 15.5 Å². The van der Waals surface area contributed by atoms with Crippen LogP contribution in [-0.4, -0.2) is 68.0 Å². The van der Waals surface area contributed by atoms with Crippen molar-refractivity contribution in [1.29, 1.82) is 0 Å². The van der Waals surface area contributed by atoms with Crippen LogP contribution in [0, 0.1) is 13.8 Å². The summed E-state index contributed by atoms with van der Waals surface area (Å²) in [5, 5.41) is 9.66. The second-order valence-electron chi connectivity index (χ2n) is 8.06. The number of aryl methyl sites for hydroxylation is 2. The normalized spacial score (nSPS) is 14.1. The molecule has 0 bridgehead atoms. The van der Waals surface area contributed by atoms with Gasteiger partial charge < -0.3 is 15.5 Å². The van der Waals surface area contributed by atoms with Crippen LogP contribution in [0.5, 0.6) is 0 Å². The van der Waals surface area contributed by atoms with Crippen LogP contribution in [-0.2, 0) is 21.9 Å². The average molecular weight is 463 g/mol. The summed E-state index contributed by atoms with van der Waals surface area (Å²) >= 11 is 0. The van der Waals surface area contributed by atoms with Gasteiger partial charge >= 0.3 is 0 Å². The molecule has 2 amide bonds. The van der Waals surface area contributed by atoms with Gasteiger partial charge in [-0.05, 0) is 44.9 Å². The lowest BCUT2D eigenvalue weighted by molar-refractivity contribution is -0.115. The van der Waals surface area contributed by atoms with E-state index in [-0.39, 0.29) is 17.0 Å². The number of carbonyl (C=O) groups excluding carboxylic acids is 2. The number of hydrogen-bond acceptors (Lipinski definition) is 6. The van der Waals surface area contributed by atoms with Gasteiger partial charge in [0, 0.05) is 39.9 Å². The van der Waals surface area contributed by atoms with Gasteiger partial charge in [0.1, 0.15) is 0 Å². The maximum absolute atomic E-state index is 13.0. The molecule has 32 heavy (non-hydrogen) atoms. The first-order valence-corrected chi connectivity index (χ1v) is 11.9. The summed E-state index contributed by atoms with van der Waals surface area (Å²) in [6.07, 6.45) is 2.01. The molecule has 0 unspecified atom stereocenters. The number of anilines is 2. The summed E-state index contributed by atoms with van der Waals surface area (Å²) in [4.78, 5) is 27.6. The maximum Gasteiger partial charge on any atom is 0.253 e. The first-order chi connectivity index (χ1) is 15.0. The Morgan fingerprint density at radius 1 is 1.16 bits per heavy atom. The van der Waals surface area contributed by atoms with Crippen molar-refractivity contribution in [2.45, 2.75) is 31.6 Å². The first kappa shape index (κ1) is 23.7. The highest BCUT2D eigenvalue weighted by Crippen LogP contribution is 2.28. The number of rotatable bonds is 7. The van der Waals surface area contributed by atoms with Crippen molar-refractivity contribution in [2.24, 2.45) is 7.05 Å². The fourth-order valence-corrected chi connectivity index (χ4v) is 4.62. The molecule has 1 aliphatic rings. The Bertz CT molecular complexity index is 1130. The predicted octanol–water partition coefficient (Wildman–Crippen LogP) is 1.26. The summed E-state index contributed by atoms with van der Waals surface area (Å²) < 4.78 is 27.9. The van der Waals surface area contributed by atoms with E-state index < -0.39 is 21.8 Å². The Kier molecular flexibility index (Phi) is 6.89. The van der Waals surface area contributed by atoms with Gasteiger partial charge in [0.25, 0.3) is 5.91 Å². The molecule has 1 aromatic carbocycles. The number of nitrogens with one attached hydrogen (secondary N) is 2. The maximum atomic E-state index is 13.0. The zero-order valence-corrected chi connectivity index (χ0v) is 19.9. The predicted molar refractivity (Wildman–Crippen MR) is 122 cm³/mol. The fourth-order valence-electron chi connectivity index (χ4n) is 3.70. The summed E-state index contributed by atoms with van der Waals surface area (Å²) in [5.41, 5.74) is 3.00. The van der Waals surface area contributed by atoms with Crippen LogP contribution in [0.3, 0.4) is 0 Å². The molecule has 174 valence electrons. The van der Waals surface area contributed by atoms with E-state index in [4.69, 9.17) is 0 Å². The van der Waals surface area contributed by atoms with Crippen LogP contribution in [0.4, 0.5) is 11.4 Å². The van der Waals surface area contributed by atoms with Crippen LogP contribution in [0.1, 0.15) is 34.6 Å². The molecule has 0 atom stereocenters. The zero-order chi connectivity index (χ0) is 23.6. The van der Waals surface area contributed by atoms with E-state index in [0.29, 0.717) is 17.1 Å². The summed E-state index contributed by atoms with van der Waals surface area (Å²) in [5.74, 6) is -0.894. The molecule has 11 heteroatoms. The molecular formula is C21H30N6O4S. The van der Waals surface area contributed by atoms with E-state index in [9.17, 15) is 18.0 Å². The Balaban J connectivity index is 1.81. The van der Waals surface area contributed by atoms with E-state index in [1.807, 2.05) is 6.92 Å². The number of nitrogens with zero attached hydrogens (tertiary/aromatic N) is 4. The Hall–Kier alpha value is -2.92. The molecule has 2 aromatic rings. The number of hydrogen-bond donors (Lipinski definition) is 2. The molecule has 0 spiro atoms. The van der Waals surface area contributed by atoms with Crippen molar-refractivity contribution >= 4 is 33.2 Å². The third kappa shape index (κ3) is 4.78. The number of carbonyl (C=O) groups is 2.